The molecular weight excluding hydrogens is 276 g/mol. The van der Waals surface area contributed by atoms with Gasteiger partial charge in [-0.2, -0.15) is 11.8 Å². The Kier molecular flexibility index (Phi) is 6.51. The minimum atomic E-state index is 0.514. The zero-order valence-electron chi connectivity index (χ0n) is 11.6. The van der Waals surface area contributed by atoms with Gasteiger partial charge in [-0.15, -0.1) is 0 Å². The van der Waals surface area contributed by atoms with Crippen LogP contribution in [0.1, 0.15) is 12.5 Å². The molecule has 0 radical (unpaired) electrons. The van der Waals surface area contributed by atoms with Gasteiger partial charge in [-0.25, -0.2) is 0 Å². The van der Waals surface area contributed by atoms with Gasteiger partial charge < -0.3 is 10.2 Å². The molecular formula is C15H23ClN2S. The summed E-state index contributed by atoms with van der Waals surface area (Å²) < 4.78 is 0. The Morgan fingerprint density at radius 2 is 1.95 bits per heavy atom. The average molecular weight is 299 g/mol. The first-order chi connectivity index (χ1) is 9.24. The van der Waals surface area contributed by atoms with Crippen LogP contribution >= 0.6 is 23.4 Å². The van der Waals surface area contributed by atoms with Crippen LogP contribution in [0.5, 0.6) is 0 Å². The second-order valence-corrected chi connectivity index (χ2v) is 6.80. The number of benzene rings is 1. The van der Waals surface area contributed by atoms with E-state index >= 15 is 0 Å². The Hall–Kier alpha value is -0.220. The predicted molar refractivity (Wildman–Crippen MR) is 86.4 cm³/mol. The van der Waals surface area contributed by atoms with E-state index in [0.717, 1.165) is 18.0 Å². The Bertz CT molecular complexity index is 363. The molecule has 1 atom stereocenters. The van der Waals surface area contributed by atoms with Gasteiger partial charge in [0, 0.05) is 48.7 Å². The number of rotatable bonds is 6. The summed E-state index contributed by atoms with van der Waals surface area (Å²) in [5.41, 5.74) is 1.35. The fourth-order valence-corrected chi connectivity index (χ4v) is 3.44. The Labute approximate surface area is 125 Å². The standard InChI is InChI=1S/C15H23ClN2S/c1-13(12-14-2-4-15(16)5-3-14)17-6-7-18-8-10-19-11-9-18/h2-5,13,17H,6-12H2,1H3. The molecule has 0 spiro atoms. The van der Waals surface area contributed by atoms with Crippen molar-refractivity contribution in [2.75, 3.05) is 37.7 Å². The van der Waals surface area contributed by atoms with Crippen LogP contribution < -0.4 is 5.32 Å². The molecule has 0 saturated carbocycles. The summed E-state index contributed by atoms with van der Waals surface area (Å²) in [6.45, 7) is 7.00. The van der Waals surface area contributed by atoms with E-state index in [4.69, 9.17) is 11.6 Å². The molecule has 1 fully saturated rings. The first kappa shape index (κ1) is 15.2. The SMILES string of the molecule is CC(Cc1ccc(Cl)cc1)NCCN1CCSCC1. The fourth-order valence-electron chi connectivity index (χ4n) is 2.34. The van der Waals surface area contributed by atoms with Gasteiger partial charge in [-0.1, -0.05) is 23.7 Å². The van der Waals surface area contributed by atoms with Crippen LogP contribution in [0.4, 0.5) is 0 Å². The van der Waals surface area contributed by atoms with E-state index in [0.29, 0.717) is 6.04 Å². The van der Waals surface area contributed by atoms with E-state index in [9.17, 15) is 0 Å². The first-order valence-corrected chi connectivity index (χ1v) is 8.55. The third-order valence-electron chi connectivity index (χ3n) is 3.48. The fraction of sp³-hybridized carbons (Fsp3) is 0.600. The summed E-state index contributed by atoms with van der Waals surface area (Å²) >= 11 is 7.96. The summed E-state index contributed by atoms with van der Waals surface area (Å²) in [5.74, 6) is 2.58. The van der Waals surface area contributed by atoms with Crippen molar-refractivity contribution < 1.29 is 0 Å². The second kappa shape index (κ2) is 8.15. The van der Waals surface area contributed by atoms with Gasteiger partial charge in [0.05, 0.1) is 0 Å². The molecule has 1 aromatic rings. The monoisotopic (exact) mass is 298 g/mol. The number of halogens is 1. The average Bonchev–Trinajstić information content (AvgIpc) is 2.43. The highest BCUT2D eigenvalue weighted by atomic mass is 35.5. The Morgan fingerprint density at radius 3 is 2.63 bits per heavy atom. The second-order valence-electron chi connectivity index (χ2n) is 5.14. The third kappa shape index (κ3) is 5.74. The summed E-state index contributed by atoms with van der Waals surface area (Å²) in [6.07, 6.45) is 1.06. The van der Waals surface area contributed by atoms with E-state index in [1.54, 1.807) is 0 Å². The van der Waals surface area contributed by atoms with E-state index in [1.807, 2.05) is 12.1 Å². The third-order valence-corrected chi connectivity index (χ3v) is 4.67. The van der Waals surface area contributed by atoms with Crippen molar-refractivity contribution in [2.24, 2.45) is 0 Å². The molecule has 1 aliphatic heterocycles. The highest BCUT2D eigenvalue weighted by Gasteiger charge is 2.10. The van der Waals surface area contributed by atoms with E-state index in [-0.39, 0.29) is 0 Å². The number of thioether (sulfide) groups is 1. The highest BCUT2D eigenvalue weighted by Crippen LogP contribution is 2.11. The quantitative estimate of drug-likeness (QED) is 0.869. The van der Waals surface area contributed by atoms with Crippen LogP contribution in [0.3, 0.4) is 0 Å². The lowest BCUT2D eigenvalue weighted by atomic mass is 10.1. The van der Waals surface area contributed by atoms with Gasteiger partial charge in [-0.05, 0) is 31.0 Å². The number of hydrogen-bond acceptors (Lipinski definition) is 3. The van der Waals surface area contributed by atoms with Crippen molar-refractivity contribution in [1.82, 2.24) is 10.2 Å². The Morgan fingerprint density at radius 1 is 1.26 bits per heavy atom. The maximum absolute atomic E-state index is 5.89. The van der Waals surface area contributed by atoms with Crippen LogP contribution in [0.15, 0.2) is 24.3 Å². The summed E-state index contributed by atoms with van der Waals surface area (Å²) in [4.78, 5) is 2.55. The molecule has 1 N–H and O–H groups in total. The molecule has 0 bridgehead atoms. The molecule has 0 aliphatic carbocycles. The van der Waals surface area contributed by atoms with Crippen molar-refractivity contribution in [3.63, 3.8) is 0 Å². The minimum Gasteiger partial charge on any atom is -0.313 e. The lowest BCUT2D eigenvalue weighted by Crippen LogP contribution is -2.40. The van der Waals surface area contributed by atoms with E-state index < -0.39 is 0 Å². The number of nitrogens with zero attached hydrogens (tertiary/aromatic N) is 1. The van der Waals surface area contributed by atoms with Crippen LogP contribution in [0, 0.1) is 0 Å². The largest absolute Gasteiger partial charge is 0.313 e. The first-order valence-electron chi connectivity index (χ1n) is 7.02. The van der Waals surface area contributed by atoms with Crippen LogP contribution in [-0.4, -0.2) is 48.6 Å². The molecule has 2 nitrogen and oxygen atoms in total. The lowest BCUT2D eigenvalue weighted by Gasteiger charge is -2.26. The van der Waals surface area contributed by atoms with Crippen molar-refractivity contribution in [3.05, 3.63) is 34.9 Å². The van der Waals surface area contributed by atoms with E-state index in [1.165, 1.54) is 36.7 Å². The van der Waals surface area contributed by atoms with Crippen LogP contribution in [0.25, 0.3) is 0 Å². The van der Waals surface area contributed by atoms with Gasteiger partial charge in [0.1, 0.15) is 0 Å². The van der Waals surface area contributed by atoms with Crippen molar-refractivity contribution >= 4 is 23.4 Å². The summed E-state index contributed by atoms with van der Waals surface area (Å²) in [6, 6.07) is 8.68. The van der Waals surface area contributed by atoms with Gasteiger partial charge in [0.25, 0.3) is 0 Å². The Balaban J connectivity index is 1.63. The van der Waals surface area contributed by atoms with E-state index in [2.05, 4.69) is 41.0 Å². The van der Waals surface area contributed by atoms with Gasteiger partial charge >= 0.3 is 0 Å². The highest BCUT2D eigenvalue weighted by molar-refractivity contribution is 7.99. The maximum Gasteiger partial charge on any atom is 0.0406 e. The molecule has 0 aromatic heterocycles. The topological polar surface area (TPSA) is 15.3 Å². The minimum absolute atomic E-state index is 0.514. The zero-order chi connectivity index (χ0) is 13.5. The summed E-state index contributed by atoms with van der Waals surface area (Å²) in [5, 5.41) is 4.42. The molecule has 0 amide bonds. The lowest BCUT2D eigenvalue weighted by molar-refractivity contribution is 0.296. The maximum atomic E-state index is 5.89. The molecule has 1 aromatic carbocycles. The normalized spacial score (nSPS) is 18.4. The van der Waals surface area contributed by atoms with Crippen molar-refractivity contribution in [1.29, 1.82) is 0 Å². The number of nitrogens with one attached hydrogen (secondary N) is 1. The van der Waals surface area contributed by atoms with Gasteiger partial charge in [-0.3, -0.25) is 0 Å². The number of hydrogen-bond donors (Lipinski definition) is 1. The van der Waals surface area contributed by atoms with Crippen LogP contribution in [-0.2, 0) is 6.42 Å². The molecule has 2 rings (SSSR count). The van der Waals surface area contributed by atoms with Crippen molar-refractivity contribution in [2.45, 2.75) is 19.4 Å². The molecule has 1 saturated heterocycles. The van der Waals surface area contributed by atoms with Crippen molar-refractivity contribution in [3.8, 4) is 0 Å². The molecule has 106 valence electrons. The van der Waals surface area contributed by atoms with Gasteiger partial charge in [0.2, 0.25) is 0 Å². The molecule has 1 heterocycles. The molecule has 1 aliphatic rings. The summed E-state index contributed by atoms with van der Waals surface area (Å²) in [7, 11) is 0. The molecule has 19 heavy (non-hydrogen) atoms. The van der Waals surface area contributed by atoms with Crippen LogP contribution in [0.2, 0.25) is 5.02 Å². The van der Waals surface area contributed by atoms with Gasteiger partial charge in [0.15, 0.2) is 0 Å². The zero-order valence-corrected chi connectivity index (χ0v) is 13.1. The molecule has 4 heteroatoms. The smallest absolute Gasteiger partial charge is 0.0406 e. The predicted octanol–water partition coefficient (Wildman–Crippen LogP) is 2.91. The molecule has 1 unspecified atom stereocenters.